The lowest BCUT2D eigenvalue weighted by molar-refractivity contribution is -0.132. The summed E-state index contributed by atoms with van der Waals surface area (Å²) in [7, 11) is 0. The van der Waals surface area contributed by atoms with Gasteiger partial charge in [0, 0.05) is 69.0 Å². The van der Waals surface area contributed by atoms with Gasteiger partial charge in [-0.15, -0.1) is 0 Å². The van der Waals surface area contributed by atoms with Gasteiger partial charge in [-0.2, -0.15) is 0 Å². The number of para-hydroxylation sites is 2. The molecule has 0 unspecified atom stereocenters. The van der Waals surface area contributed by atoms with Crippen molar-refractivity contribution >= 4 is 40.3 Å². The quantitative estimate of drug-likeness (QED) is 0.389. The number of piperidine rings is 1. The standard InChI is InChI=1S/C27H29ClN8O3/c28-19-13-21(18-14-30-26(31-15-18)35-7-5-20(37)6-8-35)25(29-16-19)34-11-9-33(10-12-34)24(38)17-36-23-4-2-1-3-22(23)32-27(36)39/h1-4,13-16,20,37H,5-12,17H2,(H,32,39). The fourth-order valence-corrected chi connectivity index (χ4v) is 5.41. The summed E-state index contributed by atoms with van der Waals surface area (Å²) in [5.41, 5.74) is 2.78. The number of H-pyrrole nitrogens is 1. The molecule has 5 heterocycles. The van der Waals surface area contributed by atoms with E-state index in [2.05, 4.69) is 29.7 Å². The molecule has 1 amide bonds. The molecule has 0 atom stereocenters. The number of nitrogens with zero attached hydrogens (tertiary/aromatic N) is 7. The van der Waals surface area contributed by atoms with Crippen LogP contribution in [0.3, 0.4) is 0 Å². The minimum atomic E-state index is -0.288. The van der Waals surface area contributed by atoms with E-state index in [0.29, 0.717) is 55.5 Å². The van der Waals surface area contributed by atoms with Gasteiger partial charge in [-0.1, -0.05) is 23.7 Å². The summed E-state index contributed by atoms with van der Waals surface area (Å²) < 4.78 is 1.48. The number of imidazole rings is 1. The number of aliphatic hydroxyl groups is 1. The summed E-state index contributed by atoms with van der Waals surface area (Å²) in [6.45, 7) is 3.64. The van der Waals surface area contributed by atoms with E-state index in [9.17, 15) is 14.7 Å². The minimum absolute atomic E-state index is 0.00699. The van der Waals surface area contributed by atoms with E-state index >= 15 is 0 Å². The highest BCUT2D eigenvalue weighted by Gasteiger charge is 2.25. The zero-order valence-electron chi connectivity index (χ0n) is 21.3. The topological polar surface area (TPSA) is 123 Å². The lowest BCUT2D eigenvalue weighted by Gasteiger charge is -2.36. The van der Waals surface area contributed by atoms with Gasteiger partial charge in [0.05, 0.1) is 22.2 Å². The number of carbonyl (C=O) groups is 1. The van der Waals surface area contributed by atoms with Crippen LogP contribution in [0.4, 0.5) is 11.8 Å². The fraction of sp³-hybridized carbons (Fsp3) is 0.370. The van der Waals surface area contributed by atoms with Gasteiger partial charge in [0.25, 0.3) is 0 Å². The zero-order chi connectivity index (χ0) is 26.9. The second kappa shape index (κ2) is 10.7. The largest absolute Gasteiger partial charge is 0.393 e. The predicted octanol–water partition coefficient (Wildman–Crippen LogP) is 2.14. The molecule has 3 aromatic heterocycles. The van der Waals surface area contributed by atoms with Gasteiger partial charge in [-0.3, -0.25) is 9.36 Å². The molecular formula is C27H29ClN8O3. The van der Waals surface area contributed by atoms with Crippen molar-refractivity contribution < 1.29 is 9.90 Å². The van der Waals surface area contributed by atoms with Crippen LogP contribution >= 0.6 is 11.6 Å². The maximum atomic E-state index is 13.1. The van der Waals surface area contributed by atoms with Gasteiger partial charge in [0.15, 0.2) is 0 Å². The molecule has 0 saturated carbocycles. The van der Waals surface area contributed by atoms with Crippen LogP contribution in [0.5, 0.6) is 0 Å². The summed E-state index contributed by atoms with van der Waals surface area (Å²) in [5.74, 6) is 1.31. The summed E-state index contributed by atoms with van der Waals surface area (Å²) in [5, 5.41) is 10.3. The van der Waals surface area contributed by atoms with Gasteiger partial charge in [-0.25, -0.2) is 19.7 Å². The first-order valence-electron chi connectivity index (χ1n) is 13.1. The first-order valence-corrected chi connectivity index (χ1v) is 13.5. The highest BCUT2D eigenvalue weighted by Crippen LogP contribution is 2.32. The van der Waals surface area contributed by atoms with Crippen LogP contribution in [0.1, 0.15) is 12.8 Å². The van der Waals surface area contributed by atoms with Crippen LogP contribution in [0.25, 0.3) is 22.2 Å². The fourth-order valence-electron chi connectivity index (χ4n) is 5.25. The van der Waals surface area contributed by atoms with Gasteiger partial charge in [-0.05, 0) is 31.0 Å². The van der Waals surface area contributed by atoms with Crippen molar-refractivity contribution in [2.24, 2.45) is 0 Å². The van der Waals surface area contributed by atoms with Crippen molar-refractivity contribution in [2.45, 2.75) is 25.5 Å². The molecule has 0 aliphatic carbocycles. The Hall–Kier alpha value is -3.96. The highest BCUT2D eigenvalue weighted by molar-refractivity contribution is 6.30. The Balaban J connectivity index is 1.15. The number of aromatic nitrogens is 5. The number of hydrogen-bond acceptors (Lipinski definition) is 8. The molecule has 12 heteroatoms. The number of halogens is 1. The van der Waals surface area contributed by atoms with E-state index in [4.69, 9.17) is 11.6 Å². The number of fused-ring (bicyclic) bond motifs is 1. The van der Waals surface area contributed by atoms with Crippen molar-refractivity contribution in [2.75, 3.05) is 49.1 Å². The molecule has 11 nitrogen and oxygen atoms in total. The lowest BCUT2D eigenvalue weighted by Crippen LogP contribution is -2.50. The third-order valence-corrected chi connectivity index (χ3v) is 7.64. The molecule has 0 radical (unpaired) electrons. The number of anilines is 2. The third kappa shape index (κ3) is 5.19. The van der Waals surface area contributed by atoms with E-state index in [0.717, 1.165) is 35.6 Å². The molecule has 4 aromatic rings. The van der Waals surface area contributed by atoms with Crippen molar-refractivity contribution in [3.05, 3.63) is 64.4 Å². The Morgan fingerprint density at radius 1 is 0.974 bits per heavy atom. The maximum Gasteiger partial charge on any atom is 0.326 e. The highest BCUT2D eigenvalue weighted by atomic mass is 35.5. The molecule has 2 aliphatic rings. The van der Waals surface area contributed by atoms with Crippen molar-refractivity contribution in [3.63, 3.8) is 0 Å². The molecular weight excluding hydrogens is 520 g/mol. The molecule has 202 valence electrons. The Bertz CT molecular complexity index is 1540. The molecule has 2 aliphatic heterocycles. The average Bonchev–Trinajstić information content (AvgIpc) is 3.28. The van der Waals surface area contributed by atoms with Gasteiger partial charge < -0.3 is 24.8 Å². The normalized spacial score (nSPS) is 16.7. The second-order valence-electron chi connectivity index (χ2n) is 9.92. The van der Waals surface area contributed by atoms with Crippen molar-refractivity contribution in [3.8, 4) is 11.1 Å². The van der Waals surface area contributed by atoms with Crippen molar-refractivity contribution in [1.82, 2.24) is 29.4 Å². The number of hydrogen-bond donors (Lipinski definition) is 2. The number of aromatic amines is 1. The van der Waals surface area contributed by atoms with E-state index in [-0.39, 0.29) is 24.2 Å². The first kappa shape index (κ1) is 25.3. The number of carbonyl (C=O) groups excluding carboxylic acids is 1. The Labute approximate surface area is 229 Å². The van der Waals surface area contributed by atoms with E-state index in [1.165, 1.54) is 4.57 Å². The molecule has 2 saturated heterocycles. The summed E-state index contributed by atoms with van der Waals surface area (Å²) in [4.78, 5) is 48.1. The average molecular weight is 549 g/mol. The van der Waals surface area contributed by atoms with Crippen LogP contribution in [0.15, 0.2) is 53.7 Å². The number of rotatable bonds is 5. The number of amides is 1. The van der Waals surface area contributed by atoms with E-state index < -0.39 is 0 Å². The van der Waals surface area contributed by atoms with Crippen LogP contribution < -0.4 is 15.5 Å². The summed E-state index contributed by atoms with van der Waals surface area (Å²) in [6.07, 6.45) is 6.34. The molecule has 39 heavy (non-hydrogen) atoms. The maximum absolute atomic E-state index is 13.1. The Kier molecular flexibility index (Phi) is 6.92. The van der Waals surface area contributed by atoms with Crippen molar-refractivity contribution in [1.29, 1.82) is 0 Å². The van der Waals surface area contributed by atoms with Gasteiger partial charge in [0.1, 0.15) is 12.4 Å². The monoisotopic (exact) mass is 548 g/mol. The van der Waals surface area contributed by atoms with E-state index in [1.807, 2.05) is 30.3 Å². The number of benzene rings is 1. The number of pyridine rings is 1. The van der Waals surface area contributed by atoms with Crippen LogP contribution in [-0.4, -0.2) is 85.8 Å². The molecule has 6 rings (SSSR count). The molecule has 0 spiro atoms. The van der Waals surface area contributed by atoms with Crippen LogP contribution in [-0.2, 0) is 11.3 Å². The molecule has 0 bridgehead atoms. The van der Waals surface area contributed by atoms with Gasteiger partial charge >= 0.3 is 5.69 Å². The van der Waals surface area contributed by atoms with Gasteiger partial charge in [0.2, 0.25) is 11.9 Å². The SMILES string of the molecule is O=C(Cn1c(=O)[nH]c2ccccc21)N1CCN(c2ncc(Cl)cc2-c2cnc(N3CCC(O)CC3)nc2)CC1. The number of piperazine rings is 1. The first-order chi connectivity index (χ1) is 19.0. The Morgan fingerprint density at radius 2 is 1.69 bits per heavy atom. The Morgan fingerprint density at radius 3 is 2.44 bits per heavy atom. The summed E-state index contributed by atoms with van der Waals surface area (Å²) in [6, 6.07) is 9.22. The predicted molar refractivity (Wildman–Crippen MR) is 149 cm³/mol. The lowest BCUT2D eigenvalue weighted by atomic mass is 10.1. The smallest absolute Gasteiger partial charge is 0.326 e. The second-order valence-corrected chi connectivity index (χ2v) is 10.4. The molecule has 2 fully saturated rings. The van der Waals surface area contributed by atoms with E-state index in [1.54, 1.807) is 23.5 Å². The third-order valence-electron chi connectivity index (χ3n) is 7.44. The van der Waals surface area contributed by atoms with Crippen LogP contribution in [0, 0.1) is 0 Å². The number of nitrogens with one attached hydrogen (secondary N) is 1. The summed E-state index contributed by atoms with van der Waals surface area (Å²) >= 11 is 6.32. The van der Waals surface area contributed by atoms with Crippen LogP contribution in [0.2, 0.25) is 5.02 Å². The molecule has 2 N–H and O–H groups in total. The minimum Gasteiger partial charge on any atom is -0.393 e. The zero-order valence-corrected chi connectivity index (χ0v) is 22.1. The number of aliphatic hydroxyl groups excluding tert-OH is 1. The molecule has 1 aromatic carbocycles.